The molecule has 0 fully saturated rings. The molecular weight excluding hydrogens is 412 g/mol. The molecule has 0 saturated heterocycles. The average molecular weight is 428 g/mol. The van der Waals surface area contributed by atoms with E-state index in [9.17, 15) is 18.4 Å². The molecule has 0 aliphatic rings. The number of carbonyl (C=O) groups excluding carboxylic acids is 2. The first kappa shape index (κ1) is 19.8. The van der Waals surface area contributed by atoms with E-state index in [4.69, 9.17) is 9.47 Å². The Morgan fingerprint density at radius 3 is 2.62 bits per heavy atom. The summed E-state index contributed by atoms with van der Waals surface area (Å²) in [5, 5.41) is 2.47. The summed E-state index contributed by atoms with van der Waals surface area (Å²) in [5.41, 5.74) is 0.129. The van der Waals surface area contributed by atoms with Crippen molar-refractivity contribution in [1.82, 2.24) is 5.32 Å². The lowest BCUT2D eigenvalue weighted by molar-refractivity contribution is -0.150. The summed E-state index contributed by atoms with van der Waals surface area (Å²) in [6.45, 7) is 0.645. The van der Waals surface area contributed by atoms with Crippen LogP contribution in [-0.2, 0) is 14.3 Å². The summed E-state index contributed by atoms with van der Waals surface area (Å²) in [4.78, 5) is 23.4. The second-order valence-electron chi connectivity index (χ2n) is 5.36. The molecule has 8 heteroatoms. The third kappa shape index (κ3) is 6.11. The standard InChI is InChI=1S/C18H16BrF2NO4/c1-11(15-6-5-13(20)8-16(15)21)22-17(23)9-26-18(24)10-25-14-4-2-3-12(19)7-14/h2-8,11H,9-10H2,1H3,(H,22,23). The minimum atomic E-state index is -0.766. The highest BCUT2D eigenvalue weighted by Gasteiger charge is 2.15. The van der Waals surface area contributed by atoms with E-state index < -0.39 is 36.2 Å². The molecule has 0 bridgehead atoms. The summed E-state index contributed by atoms with van der Waals surface area (Å²) >= 11 is 3.27. The van der Waals surface area contributed by atoms with Gasteiger partial charge in [-0.05, 0) is 31.2 Å². The Morgan fingerprint density at radius 2 is 1.92 bits per heavy atom. The van der Waals surface area contributed by atoms with Crippen LogP contribution < -0.4 is 10.1 Å². The molecule has 0 aliphatic carbocycles. The first-order valence-corrected chi connectivity index (χ1v) is 8.43. The minimum absolute atomic E-state index is 0.129. The number of hydrogen-bond acceptors (Lipinski definition) is 4. The SMILES string of the molecule is CC(NC(=O)COC(=O)COc1cccc(Br)c1)c1ccc(F)cc1F. The van der Waals surface area contributed by atoms with Crippen molar-refractivity contribution in [3.63, 3.8) is 0 Å². The third-order valence-corrected chi connectivity index (χ3v) is 3.82. The number of amides is 1. The highest BCUT2D eigenvalue weighted by atomic mass is 79.9. The van der Waals surface area contributed by atoms with Gasteiger partial charge in [-0.15, -0.1) is 0 Å². The lowest BCUT2D eigenvalue weighted by Crippen LogP contribution is -2.32. The van der Waals surface area contributed by atoms with E-state index >= 15 is 0 Å². The second-order valence-corrected chi connectivity index (χ2v) is 6.28. The van der Waals surface area contributed by atoms with E-state index in [0.717, 1.165) is 16.6 Å². The normalized spacial score (nSPS) is 11.5. The van der Waals surface area contributed by atoms with E-state index in [0.29, 0.717) is 5.75 Å². The zero-order valence-electron chi connectivity index (χ0n) is 13.8. The highest BCUT2D eigenvalue weighted by Crippen LogP contribution is 2.18. The number of carbonyl (C=O) groups is 2. The third-order valence-electron chi connectivity index (χ3n) is 3.32. The Balaban J connectivity index is 1.76. The van der Waals surface area contributed by atoms with Gasteiger partial charge in [-0.25, -0.2) is 13.6 Å². The summed E-state index contributed by atoms with van der Waals surface area (Å²) < 4.78 is 37.4. The van der Waals surface area contributed by atoms with Gasteiger partial charge in [0.25, 0.3) is 5.91 Å². The summed E-state index contributed by atoms with van der Waals surface area (Å²) in [5.74, 6) is -2.33. The second kappa shape index (κ2) is 9.28. The molecule has 0 heterocycles. The van der Waals surface area contributed by atoms with Crippen LogP contribution in [0.15, 0.2) is 46.9 Å². The van der Waals surface area contributed by atoms with Gasteiger partial charge in [-0.2, -0.15) is 0 Å². The summed E-state index contributed by atoms with van der Waals surface area (Å²) in [7, 11) is 0. The van der Waals surface area contributed by atoms with Crippen LogP contribution in [-0.4, -0.2) is 25.1 Å². The number of hydrogen-bond donors (Lipinski definition) is 1. The lowest BCUT2D eigenvalue weighted by Gasteiger charge is -2.15. The van der Waals surface area contributed by atoms with Crippen molar-refractivity contribution in [3.05, 3.63) is 64.1 Å². The smallest absolute Gasteiger partial charge is 0.344 e. The Kier molecular flexibility index (Phi) is 7.08. The molecule has 0 spiro atoms. The number of nitrogens with one attached hydrogen (secondary N) is 1. The molecule has 0 radical (unpaired) electrons. The maximum absolute atomic E-state index is 13.7. The zero-order valence-corrected chi connectivity index (χ0v) is 15.4. The largest absolute Gasteiger partial charge is 0.482 e. The molecular formula is C18H16BrF2NO4. The van der Waals surface area contributed by atoms with Gasteiger partial charge < -0.3 is 14.8 Å². The minimum Gasteiger partial charge on any atom is -0.482 e. The van der Waals surface area contributed by atoms with Crippen LogP contribution in [0.25, 0.3) is 0 Å². The lowest BCUT2D eigenvalue weighted by atomic mass is 10.1. The number of halogens is 3. The van der Waals surface area contributed by atoms with Gasteiger partial charge in [0, 0.05) is 16.1 Å². The first-order valence-electron chi connectivity index (χ1n) is 7.63. The Labute approximate surface area is 157 Å². The van der Waals surface area contributed by atoms with Crippen LogP contribution >= 0.6 is 15.9 Å². The molecule has 0 saturated carbocycles. The van der Waals surface area contributed by atoms with Gasteiger partial charge in [0.2, 0.25) is 0 Å². The summed E-state index contributed by atoms with van der Waals surface area (Å²) in [6.07, 6.45) is 0. The molecule has 2 aromatic rings. The Bertz CT molecular complexity index is 801. The molecule has 0 aliphatic heterocycles. The van der Waals surface area contributed by atoms with Gasteiger partial charge in [0.05, 0.1) is 6.04 Å². The van der Waals surface area contributed by atoms with Crippen LogP contribution in [0.3, 0.4) is 0 Å². The van der Waals surface area contributed by atoms with E-state index in [1.165, 1.54) is 13.0 Å². The molecule has 5 nitrogen and oxygen atoms in total. The van der Waals surface area contributed by atoms with Crippen molar-refractivity contribution in [1.29, 1.82) is 0 Å². The maximum Gasteiger partial charge on any atom is 0.344 e. The quantitative estimate of drug-likeness (QED) is 0.686. The molecule has 1 unspecified atom stereocenters. The topological polar surface area (TPSA) is 64.6 Å². The number of benzene rings is 2. The average Bonchev–Trinajstić information content (AvgIpc) is 2.58. The highest BCUT2D eigenvalue weighted by molar-refractivity contribution is 9.10. The van der Waals surface area contributed by atoms with Gasteiger partial charge in [-0.3, -0.25) is 4.79 Å². The van der Waals surface area contributed by atoms with E-state index in [1.54, 1.807) is 24.3 Å². The fourth-order valence-electron chi connectivity index (χ4n) is 2.10. The fraction of sp³-hybridized carbons (Fsp3) is 0.222. The van der Waals surface area contributed by atoms with Gasteiger partial charge in [-0.1, -0.05) is 28.1 Å². The van der Waals surface area contributed by atoms with E-state index in [1.807, 2.05) is 0 Å². The summed E-state index contributed by atoms with van der Waals surface area (Å²) in [6, 6.07) is 9.27. The fourth-order valence-corrected chi connectivity index (χ4v) is 2.48. The molecule has 2 aromatic carbocycles. The maximum atomic E-state index is 13.7. The molecule has 2 rings (SSSR count). The monoisotopic (exact) mass is 427 g/mol. The van der Waals surface area contributed by atoms with Crippen molar-refractivity contribution >= 4 is 27.8 Å². The van der Waals surface area contributed by atoms with Gasteiger partial charge >= 0.3 is 5.97 Å². The molecule has 1 amide bonds. The van der Waals surface area contributed by atoms with Crippen LogP contribution in [0.5, 0.6) is 5.75 Å². The predicted octanol–water partition coefficient (Wildman–Crippen LogP) is 3.53. The van der Waals surface area contributed by atoms with Crippen molar-refractivity contribution < 1.29 is 27.8 Å². The van der Waals surface area contributed by atoms with Crippen LogP contribution in [0, 0.1) is 11.6 Å². The van der Waals surface area contributed by atoms with Crippen LogP contribution in [0.2, 0.25) is 0 Å². The Hall–Kier alpha value is -2.48. The zero-order chi connectivity index (χ0) is 19.1. The Morgan fingerprint density at radius 1 is 1.15 bits per heavy atom. The van der Waals surface area contributed by atoms with Crippen molar-refractivity contribution in [3.8, 4) is 5.75 Å². The van der Waals surface area contributed by atoms with E-state index in [-0.39, 0.29) is 12.2 Å². The molecule has 26 heavy (non-hydrogen) atoms. The van der Waals surface area contributed by atoms with Crippen LogP contribution in [0.4, 0.5) is 8.78 Å². The molecule has 138 valence electrons. The number of ether oxygens (including phenoxy) is 2. The molecule has 1 N–H and O–H groups in total. The first-order chi connectivity index (χ1) is 12.3. The van der Waals surface area contributed by atoms with Gasteiger partial charge in [0.1, 0.15) is 17.4 Å². The van der Waals surface area contributed by atoms with Crippen molar-refractivity contribution in [2.45, 2.75) is 13.0 Å². The predicted molar refractivity (Wildman–Crippen MR) is 93.5 cm³/mol. The number of esters is 1. The van der Waals surface area contributed by atoms with Crippen molar-refractivity contribution in [2.24, 2.45) is 0 Å². The van der Waals surface area contributed by atoms with Crippen LogP contribution in [0.1, 0.15) is 18.5 Å². The van der Waals surface area contributed by atoms with Crippen molar-refractivity contribution in [2.75, 3.05) is 13.2 Å². The number of rotatable bonds is 7. The molecule has 1 atom stereocenters. The molecule has 0 aromatic heterocycles. The van der Waals surface area contributed by atoms with E-state index in [2.05, 4.69) is 21.2 Å². The van der Waals surface area contributed by atoms with Gasteiger partial charge in [0.15, 0.2) is 13.2 Å².